The Balaban J connectivity index is 1.84. The largest absolute Gasteiger partial charge is 0.359 e. The molecule has 0 saturated carbocycles. The third kappa shape index (κ3) is 1.92. The summed E-state index contributed by atoms with van der Waals surface area (Å²) >= 11 is 0. The first kappa shape index (κ1) is 13.9. The van der Waals surface area contributed by atoms with Gasteiger partial charge in [0, 0.05) is 53.0 Å². The van der Waals surface area contributed by atoms with Crippen LogP contribution < -0.4 is 5.69 Å². The first-order valence-corrected chi connectivity index (χ1v) is 8.15. The van der Waals surface area contributed by atoms with Crippen molar-refractivity contribution in [3.05, 3.63) is 77.6 Å². The lowest BCUT2D eigenvalue weighted by Crippen LogP contribution is -2.15. The number of benzene rings is 2. The maximum absolute atomic E-state index is 12.6. The Kier molecular flexibility index (Phi) is 2.79. The lowest BCUT2D eigenvalue weighted by Gasteiger charge is -2.05. The molecule has 122 valence electrons. The Morgan fingerprint density at radius 2 is 1.64 bits per heavy atom. The Hall–Kier alpha value is -3.47. The number of fused-ring (bicyclic) bond motifs is 2. The van der Waals surface area contributed by atoms with Crippen molar-refractivity contribution in [1.82, 2.24) is 19.1 Å². The second-order valence-electron chi connectivity index (χ2n) is 6.20. The average Bonchev–Trinajstić information content (AvgIpc) is 3.31. The molecule has 5 nitrogen and oxygen atoms in total. The highest BCUT2D eigenvalue weighted by Gasteiger charge is 2.17. The Morgan fingerprint density at radius 3 is 2.52 bits per heavy atom. The summed E-state index contributed by atoms with van der Waals surface area (Å²) in [5.74, 6) is 0. The second-order valence-corrected chi connectivity index (χ2v) is 6.20. The van der Waals surface area contributed by atoms with Crippen molar-refractivity contribution < 1.29 is 0 Å². The molecule has 3 heterocycles. The van der Waals surface area contributed by atoms with E-state index in [0.717, 1.165) is 38.8 Å². The van der Waals surface area contributed by atoms with Crippen molar-refractivity contribution in [1.29, 1.82) is 0 Å². The molecule has 0 spiro atoms. The summed E-state index contributed by atoms with van der Waals surface area (Å²) in [4.78, 5) is 18.7. The van der Waals surface area contributed by atoms with Crippen LogP contribution >= 0.6 is 0 Å². The lowest BCUT2D eigenvalue weighted by atomic mass is 10.1. The predicted octanol–water partition coefficient (Wildman–Crippen LogP) is 3.81. The summed E-state index contributed by atoms with van der Waals surface area (Å²) in [7, 11) is 2.02. The van der Waals surface area contributed by atoms with E-state index in [4.69, 9.17) is 0 Å². The summed E-state index contributed by atoms with van der Waals surface area (Å²) in [6.07, 6.45) is 5.74. The van der Waals surface area contributed by atoms with Crippen LogP contribution in [0.1, 0.15) is 0 Å². The van der Waals surface area contributed by atoms with E-state index in [-0.39, 0.29) is 5.69 Å². The third-order valence-corrected chi connectivity index (χ3v) is 4.76. The number of H-pyrrole nitrogens is 2. The molecule has 0 aliphatic carbocycles. The fourth-order valence-electron chi connectivity index (χ4n) is 3.59. The standard InChI is InChI=1S/C20H16N4O/c1-23-12-15(13-6-3-5-9-17(13)23)19-11-22-20(25)24(19)18-10-21-16-8-4-2-7-14(16)18/h2-12,21H,1H3,(H,22,25). The summed E-state index contributed by atoms with van der Waals surface area (Å²) in [6.45, 7) is 0. The molecule has 5 aromatic rings. The van der Waals surface area contributed by atoms with Crippen LogP contribution in [0.15, 0.2) is 71.9 Å². The Bertz CT molecular complexity index is 1280. The van der Waals surface area contributed by atoms with Crippen molar-refractivity contribution in [3.8, 4) is 16.9 Å². The number of hydrogen-bond donors (Lipinski definition) is 2. The highest BCUT2D eigenvalue weighted by molar-refractivity contribution is 5.96. The van der Waals surface area contributed by atoms with Gasteiger partial charge in [-0.15, -0.1) is 0 Å². The zero-order chi connectivity index (χ0) is 17.0. The van der Waals surface area contributed by atoms with E-state index < -0.39 is 0 Å². The second kappa shape index (κ2) is 5.01. The molecule has 0 radical (unpaired) electrons. The van der Waals surface area contributed by atoms with Crippen LogP contribution in [0, 0.1) is 0 Å². The zero-order valence-electron chi connectivity index (χ0n) is 13.7. The van der Waals surface area contributed by atoms with Crippen molar-refractivity contribution in [3.63, 3.8) is 0 Å². The van der Waals surface area contributed by atoms with Crippen molar-refractivity contribution in [2.75, 3.05) is 0 Å². The number of aromatic nitrogens is 4. The van der Waals surface area contributed by atoms with Gasteiger partial charge in [-0.3, -0.25) is 4.57 Å². The summed E-state index contributed by atoms with van der Waals surface area (Å²) in [5.41, 5.74) is 4.73. The third-order valence-electron chi connectivity index (χ3n) is 4.76. The molecule has 0 unspecified atom stereocenters. The quantitative estimate of drug-likeness (QED) is 0.509. The van der Waals surface area contributed by atoms with Crippen molar-refractivity contribution in [2.24, 2.45) is 7.05 Å². The van der Waals surface area contributed by atoms with E-state index in [9.17, 15) is 4.79 Å². The van der Waals surface area contributed by atoms with E-state index in [0.29, 0.717) is 0 Å². The minimum absolute atomic E-state index is 0.146. The van der Waals surface area contributed by atoms with Gasteiger partial charge in [-0.2, -0.15) is 0 Å². The van der Waals surface area contributed by atoms with Gasteiger partial charge in [-0.05, 0) is 12.1 Å². The molecular weight excluding hydrogens is 312 g/mol. The normalized spacial score (nSPS) is 11.6. The average molecular weight is 328 g/mol. The fraction of sp³-hybridized carbons (Fsp3) is 0.0500. The van der Waals surface area contributed by atoms with E-state index in [1.165, 1.54) is 0 Å². The van der Waals surface area contributed by atoms with Crippen molar-refractivity contribution >= 4 is 21.8 Å². The number of aromatic amines is 2. The molecule has 25 heavy (non-hydrogen) atoms. The monoisotopic (exact) mass is 328 g/mol. The molecule has 5 rings (SSSR count). The van der Waals surface area contributed by atoms with Gasteiger partial charge in [0.05, 0.1) is 11.4 Å². The lowest BCUT2D eigenvalue weighted by molar-refractivity contribution is 0.964. The molecule has 3 aromatic heterocycles. The molecule has 5 heteroatoms. The molecule has 0 saturated heterocycles. The van der Waals surface area contributed by atoms with E-state index in [1.807, 2.05) is 49.6 Å². The van der Waals surface area contributed by atoms with Crippen LogP contribution in [0.5, 0.6) is 0 Å². The van der Waals surface area contributed by atoms with Gasteiger partial charge in [-0.1, -0.05) is 36.4 Å². The molecular formula is C20H16N4O. The Labute approximate surface area is 143 Å². The minimum atomic E-state index is -0.146. The number of nitrogens with one attached hydrogen (secondary N) is 2. The van der Waals surface area contributed by atoms with Crippen LogP contribution in [0.25, 0.3) is 38.8 Å². The van der Waals surface area contributed by atoms with Crippen LogP contribution in [0.4, 0.5) is 0 Å². The maximum Gasteiger partial charge on any atom is 0.330 e. The molecule has 2 aromatic carbocycles. The first-order valence-electron chi connectivity index (χ1n) is 8.15. The SMILES string of the molecule is Cn1cc(-c2c[nH]c(=O)n2-c2c[nH]c3ccccc23)c2ccccc21. The smallest absolute Gasteiger partial charge is 0.330 e. The maximum atomic E-state index is 12.6. The molecule has 2 N–H and O–H groups in total. The van der Waals surface area contributed by atoms with Crippen molar-refractivity contribution in [2.45, 2.75) is 0 Å². The topological polar surface area (TPSA) is 58.5 Å². The van der Waals surface area contributed by atoms with Gasteiger partial charge < -0.3 is 14.5 Å². The van der Waals surface area contributed by atoms with Crippen LogP contribution in [0.3, 0.4) is 0 Å². The summed E-state index contributed by atoms with van der Waals surface area (Å²) in [6, 6.07) is 16.2. The van der Waals surface area contributed by atoms with E-state index in [2.05, 4.69) is 32.9 Å². The number of rotatable bonds is 2. The predicted molar refractivity (Wildman–Crippen MR) is 100 cm³/mol. The van der Waals surface area contributed by atoms with Crippen LogP contribution in [-0.2, 0) is 7.05 Å². The molecule has 0 aliphatic heterocycles. The van der Waals surface area contributed by atoms with E-state index >= 15 is 0 Å². The zero-order valence-corrected chi connectivity index (χ0v) is 13.7. The van der Waals surface area contributed by atoms with Gasteiger partial charge in [0.1, 0.15) is 0 Å². The Morgan fingerprint density at radius 1 is 0.880 bits per heavy atom. The van der Waals surface area contributed by atoms with Gasteiger partial charge >= 0.3 is 5.69 Å². The number of imidazole rings is 1. The number of aryl methyl sites for hydroxylation is 1. The van der Waals surface area contributed by atoms with Gasteiger partial charge in [0.15, 0.2) is 0 Å². The number of hydrogen-bond acceptors (Lipinski definition) is 1. The molecule has 0 atom stereocenters. The highest BCUT2D eigenvalue weighted by atomic mass is 16.1. The highest BCUT2D eigenvalue weighted by Crippen LogP contribution is 2.32. The van der Waals surface area contributed by atoms with Gasteiger partial charge in [-0.25, -0.2) is 4.79 Å². The molecule has 0 amide bonds. The van der Waals surface area contributed by atoms with E-state index in [1.54, 1.807) is 10.8 Å². The molecule has 0 bridgehead atoms. The number of nitrogens with zero attached hydrogens (tertiary/aromatic N) is 2. The van der Waals surface area contributed by atoms with Gasteiger partial charge in [0.25, 0.3) is 0 Å². The van der Waals surface area contributed by atoms with Gasteiger partial charge in [0.2, 0.25) is 0 Å². The minimum Gasteiger partial charge on any atom is -0.359 e. The summed E-state index contributed by atoms with van der Waals surface area (Å²) in [5, 5.41) is 2.14. The van der Waals surface area contributed by atoms with Crippen LogP contribution in [-0.4, -0.2) is 19.1 Å². The number of para-hydroxylation sites is 2. The fourth-order valence-corrected chi connectivity index (χ4v) is 3.59. The molecule has 0 aliphatic rings. The summed E-state index contributed by atoms with van der Waals surface area (Å²) < 4.78 is 3.82. The van der Waals surface area contributed by atoms with Crippen LogP contribution in [0.2, 0.25) is 0 Å². The first-order chi connectivity index (χ1) is 12.2. The molecule has 0 fully saturated rings.